The van der Waals surface area contributed by atoms with Gasteiger partial charge in [0.25, 0.3) is 0 Å². The Kier molecular flexibility index (Phi) is 6.26. The van der Waals surface area contributed by atoms with Crippen LogP contribution in [0.5, 0.6) is 11.5 Å². The summed E-state index contributed by atoms with van der Waals surface area (Å²) in [6, 6.07) is 9.48. The zero-order valence-corrected chi connectivity index (χ0v) is 17.8. The average Bonchev–Trinajstić information content (AvgIpc) is 3.49. The Balaban J connectivity index is 1.80. The quantitative estimate of drug-likeness (QED) is 0.596. The van der Waals surface area contributed by atoms with Crippen molar-refractivity contribution in [3.05, 3.63) is 52.0 Å². The van der Waals surface area contributed by atoms with Gasteiger partial charge in [-0.2, -0.15) is 0 Å². The number of hydrogen-bond donors (Lipinski definition) is 1. The van der Waals surface area contributed by atoms with Crippen LogP contribution in [0, 0.1) is 0 Å². The smallest absolute Gasteiger partial charge is 0.338 e. The molecule has 0 aliphatic heterocycles. The van der Waals surface area contributed by atoms with Crippen molar-refractivity contribution in [3.63, 3.8) is 0 Å². The van der Waals surface area contributed by atoms with Crippen molar-refractivity contribution in [2.24, 2.45) is 0 Å². The van der Waals surface area contributed by atoms with E-state index in [2.05, 4.69) is 20.7 Å². The highest BCUT2D eigenvalue weighted by molar-refractivity contribution is 9.10. The van der Waals surface area contributed by atoms with Crippen LogP contribution >= 0.6 is 15.9 Å². The maximum Gasteiger partial charge on any atom is 0.338 e. The predicted octanol–water partition coefficient (Wildman–Crippen LogP) is 3.26. The lowest BCUT2D eigenvalue weighted by molar-refractivity contribution is 0.0469. The van der Waals surface area contributed by atoms with Crippen LogP contribution < -0.4 is 14.2 Å². The van der Waals surface area contributed by atoms with Crippen LogP contribution in [-0.2, 0) is 21.4 Å². The van der Waals surface area contributed by atoms with E-state index in [4.69, 9.17) is 14.2 Å². The molecule has 2 aromatic rings. The summed E-state index contributed by atoms with van der Waals surface area (Å²) in [5, 5.41) is 0. The number of carbonyl (C=O) groups is 1. The van der Waals surface area contributed by atoms with Crippen LogP contribution in [0.4, 0.5) is 0 Å². The molecular weight excluding hydrogens is 450 g/mol. The largest absolute Gasteiger partial charge is 0.496 e. The molecule has 9 heteroatoms. The minimum atomic E-state index is -3.79. The Morgan fingerprint density at radius 1 is 1.11 bits per heavy atom. The number of methoxy groups -OCH3 is 2. The first-order chi connectivity index (χ1) is 13.3. The summed E-state index contributed by atoms with van der Waals surface area (Å²) in [4.78, 5) is 12.4. The molecule has 1 aliphatic carbocycles. The summed E-state index contributed by atoms with van der Waals surface area (Å²) in [5.74, 6) is 0.105. The second-order valence-corrected chi connectivity index (χ2v) is 8.89. The highest BCUT2D eigenvalue weighted by atomic mass is 79.9. The van der Waals surface area contributed by atoms with Crippen molar-refractivity contribution in [3.8, 4) is 11.5 Å². The second kappa shape index (κ2) is 8.50. The molecule has 2 aromatic carbocycles. The molecule has 1 fully saturated rings. The van der Waals surface area contributed by atoms with E-state index in [1.807, 2.05) is 6.07 Å². The monoisotopic (exact) mass is 469 g/mol. The highest BCUT2D eigenvalue weighted by Crippen LogP contribution is 2.29. The molecule has 0 atom stereocenters. The van der Waals surface area contributed by atoms with E-state index >= 15 is 0 Å². The molecule has 0 radical (unpaired) electrons. The molecule has 1 aliphatic rings. The van der Waals surface area contributed by atoms with Gasteiger partial charge in [-0.15, -0.1) is 0 Å². The molecule has 0 heterocycles. The number of hydrogen-bond acceptors (Lipinski definition) is 6. The van der Waals surface area contributed by atoms with E-state index in [0.717, 1.165) is 17.3 Å². The molecule has 0 amide bonds. The fourth-order valence-corrected chi connectivity index (χ4v) is 4.49. The molecule has 0 saturated heterocycles. The van der Waals surface area contributed by atoms with Gasteiger partial charge in [0.05, 0.1) is 19.8 Å². The van der Waals surface area contributed by atoms with E-state index in [1.165, 1.54) is 32.4 Å². The Morgan fingerprint density at radius 2 is 1.79 bits per heavy atom. The van der Waals surface area contributed by atoms with Gasteiger partial charge >= 0.3 is 5.97 Å². The predicted molar refractivity (Wildman–Crippen MR) is 106 cm³/mol. The van der Waals surface area contributed by atoms with Gasteiger partial charge < -0.3 is 14.2 Å². The molecule has 7 nitrogen and oxygen atoms in total. The number of halogens is 1. The van der Waals surface area contributed by atoms with Gasteiger partial charge in [0, 0.05) is 16.1 Å². The molecule has 1 saturated carbocycles. The summed E-state index contributed by atoms with van der Waals surface area (Å²) in [6.07, 6.45) is 1.61. The first-order valence-corrected chi connectivity index (χ1v) is 10.8. The maximum absolute atomic E-state index is 12.6. The number of esters is 1. The fourth-order valence-electron chi connectivity index (χ4n) is 2.58. The lowest BCUT2D eigenvalue weighted by Gasteiger charge is -2.13. The second-order valence-electron chi connectivity index (χ2n) is 6.29. The van der Waals surface area contributed by atoms with Gasteiger partial charge in [-0.1, -0.05) is 15.9 Å². The number of nitrogens with one attached hydrogen (secondary N) is 1. The van der Waals surface area contributed by atoms with Crippen molar-refractivity contribution in [1.82, 2.24) is 4.72 Å². The molecule has 3 rings (SSSR count). The molecule has 0 aromatic heterocycles. The van der Waals surface area contributed by atoms with Crippen molar-refractivity contribution in [2.75, 3.05) is 14.2 Å². The standard InChI is InChI=1S/C19H20BrNO6S/c1-25-16-8-4-14(20)9-13(16)11-27-19(22)12-3-7-17(26-2)18(10-12)28(23,24)21-15-5-6-15/h3-4,7-10,15,21H,5-6,11H2,1-2H3. The summed E-state index contributed by atoms with van der Waals surface area (Å²) in [7, 11) is -0.880. The van der Waals surface area contributed by atoms with Crippen molar-refractivity contribution in [2.45, 2.75) is 30.4 Å². The Bertz CT molecular complexity index is 988. The Hall–Kier alpha value is -2.10. The summed E-state index contributed by atoms with van der Waals surface area (Å²) >= 11 is 3.37. The zero-order valence-electron chi connectivity index (χ0n) is 15.4. The lowest BCUT2D eigenvalue weighted by atomic mass is 10.2. The molecule has 0 bridgehead atoms. The van der Waals surface area contributed by atoms with Crippen molar-refractivity contribution >= 4 is 31.9 Å². The summed E-state index contributed by atoms with van der Waals surface area (Å²) in [6.45, 7) is -0.0180. The number of carbonyl (C=O) groups excluding carboxylic acids is 1. The third-order valence-electron chi connectivity index (χ3n) is 4.19. The fraction of sp³-hybridized carbons (Fsp3) is 0.316. The number of sulfonamides is 1. The van der Waals surface area contributed by atoms with Gasteiger partial charge in [-0.05, 0) is 49.2 Å². The molecule has 28 heavy (non-hydrogen) atoms. The molecule has 150 valence electrons. The van der Waals surface area contributed by atoms with Crippen LogP contribution in [0.3, 0.4) is 0 Å². The Morgan fingerprint density at radius 3 is 2.43 bits per heavy atom. The zero-order chi connectivity index (χ0) is 20.3. The van der Waals surface area contributed by atoms with E-state index in [9.17, 15) is 13.2 Å². The van der Waals surface area contributed by atoms with Crippen LogP contribution in [0.2, 0.25) is 0 Å². The van der Waals surface area contributed by atoms with Gasteiger partial charge in [-0.25, -0.2) is 17.9 Å². The van der Waals surface area contributed by atoms with Crippen LogP contribution in [0.25, 0.3) is 0 Å². The van der Waals surface area contributed by atoms with Crippen LogP contribution in [0.15, 0.2) is 45.8 Å². The highest BCUT2D eigenvalue weighted by Gasteiger charge is 2.30. The first-order valence-electron chi connectivity index (χ1n) is 8.54. The topological polar surface area (TPSA) is 90.9 Å². The molecule has 0 spiro atoms. The summed E-state index contributed by atoms with van der Waals surface area (Å²) < 4.78 is 44.3. The third kappa shape index (κ3) is 4.84. The number of benzene rings is 2. The minimum absolute atomic E-state index is 0.0180. The van der Waals surface area contributed by atoms with Crippen molar-refractivity contribution < 1.29 is 27.4 Å². The average molecular weight is 470 g/mol. The molecular formula is C19H20BrNO6S. The van der Waals surface area contributed by atoms with E-state index < -0.39 is 16.0 Å². The molecule has 0 unspecified atom stereocenters. The SMILES string of the molecule is COc1ccc(Br)cc1COC(=O)c1ccc(OC)c(S(=O)(=O)NC2CC2)c1. The van der Waals surface area contributed by atoms with Gasteiger partial charge in [0.1, 0.15) is 23.0 Å². The minimum Gasteiger partial charge on any atom is -0.496 e. The normalized spacial score (nSPS) is 13.8. The number of rotatable bonds is 8. The van der Waals surface area contributed by atoms with Crippen LogP contribution in [-0.4, -0.2) is 34.6 Å². The molecule has 1 N–H and O–H groups in total. The van der Waals surface area contributed by atoms with Gasteiger partial charge in [-0.3, -0.25) is 0 Å². The van der Waals surface area contributed by atoms with E-state index in [0.29, 0.717) is 11.3 Å². The van der Waals surface area contributed by atoms with Gasteiger partial charge in [0.15, 0.2) is 0 Å². The van der Waals surface area contributed by atoms with Crippen molar-refractivity contribution in [1.29, 1.82) is 0 Å². The third-order valence-corrected chi connectivity index (χ3v) is 6.22. The van der Waals surface area contributed by atoms with E-state index in [1.54, 1.807) is 12.1 Å². The van der Waals surface area contributed by atoms with Crippen LogP contribution in [0.1, 0.15) is 28.8 Å². The maximum atomic E-state index is 12.6. The van der Waals surface area contributed by atoms with E-state index in [-0.39, 0.29) is 28.9 Å². The number of ether oxygens (including phenoxy) is 3. The summed E-state index contributed by atoms with van der Waals surface area (Å²) in [5.41, 5.74) is 0.799. The Labute approximate surface area is 172 Å². The first kappa shape index (κ1) is 20.6. The lowest BCUT2D eigenvalue weighted by Crippen LogP contribution is -2.26. The van der Waals surface area contributed by atoms with Gasteiger partial charge in [0.2, 0.25) is 10.0 Å².